The second-order valence-corrected chi connectivity index (χ2v) is 5.73. The molecule has 2 aliphatic rings. The highest BCUT2D eigenvalue weighted by Gasteiger charge is 2.45. The van der Waals surface area contributed by atoms with E-state index in [1.165, 1.54) is 0 Å². The number of carbonyl (C=O) groups is 2. The van der Waals surface area contributed by atoms with Crippen LogP contribution in [0.15, 0.2) is 0 Å². The Bertz CT molecular complexity index is 354. The molecule has 3 atom stereocenters. The zero-order valence-electron chi connectivity index (χ0n) is 11.2. The Morgan fingerprint density at radius 3 is 3.00 bits per heavy atom. The van der Waals surface area contributed by atoms with Gasteiger partial charge in [0.1, 0.15) is 0 Å². The van der Waals surface area contributed by atoms with E-state index in [9.17, 15) is 9.59 Å². The predicted octanol–water partition coefficient (Wildman–Crippen LogP) is 0.241. The van der Waals surface area contributed by atoms with Crippen molar-refractivity contribution in [3.05, 3.63) is 0 Å². The smallest absolute Gasteiger partial charge is 0.242 e. The van der Waals surface area contributed by atoms with Crippen molar-refractivity contribution >= 4 is 11.8 Å². The first-order chi connectivity index (χ1) is 8.47. The summed E-state index contributed by atoms with van der Waals surface area (Å²) in [6, 6.07) is 0.0125. The Hall–Kier alpha value is -1.10. The van der Waals surface area contributed by atoms with Gasteiger partial charge in [-0.15, -0.1) is 0 Å². The Morgan fingerprint density at radius 2 is 2.33 bits per heavy atom. The van der Waals surface area contributed by atoms with E-state index < -0.39 is 5.54 Å². The van der Waals surface area contributed by atoms with Crippen LogP contribution in [-0.2, 0) is 9.59 Å². The Labute approximate surface area is 108 Å². The van der Waals surface area contributed by atoms with Gasteiger partial charge in [-0.1, -0.05) is 13.3 Å². The first-order valence-corrected chi connectivity index (χ1v) is 6.85. The van der Waals surface area contributed by atoms with Crippen molar-refractivity contribution in [2.45, 2.75) is 51.1 Å². The Kier molecular flexibility index (Phi) is 3.61. The van der Waals surface area contributed by atoms with Gasteiger partial charge in [-0.05, 0) is 26.2 Å². The van der Waals surface area contributed by atoms with Gasteiger partial charge in [0.15, 0.2) is 0 Å². The van der Waals surface area contributed by atoms with E-state index in [-0.39, 0.29) is 23.8 Å². The summed E-state index contributed by atoms with van der Waals surface area (Å²) in [5.41, 5.74) is 5.32. The van der Waals surface area contributed by atoms with Gasteiger partial charge >= 0.3 is 0 Å². The van der Waals surface area contributed by atoms with E-state index in [1.807, 2.05) is 11.8 Å². The zero-order valence-corrected chi connectivity index (χ0v) is 11.2. The van der Waals surface area contributed by atoms with E-state index >= 15 is 0 Å². The van der Waals surface area contributed by atoms with Gasteiger partial charge in [-0.3, -0.25) is 9.59 Å². The second kappa shape index (κ2) is 4.88. The number of piperidine rings is 1. The van der Waals surface area contributed by atoms with Gasteiger partial charge in [0.25, 0.3) is 0 Å². The third-order valence-electron chi connectivity index (χ3n) is 4.12. The Balaban J connectivity index is 2.12. The van der Waals surface area contributed by atoms with Crippen LogP contribution in [0.5, 0.6) is 0 Å². The summed E-state index contributed by atoms with van der Waals surface area (Å²) in [7, 11) is 0. The quantitative estimate of drug-likeness (QED) is 0.756. The molecule has 0 radical (unpaired) electrons. The minimum Gasteiger partial charge on any atom is -0.354 e. The molecular weight excluding hydrogens is 230 g/mol. The van der Waals surface area contributed by atoms with E-state index in [0.717, 1.165) is 25.8 Å². The lowest BCUT2D eigenvalue weighted by Crippen LogP contribution is -2.59. The lowest BCUT2D eigenvalue weighted by Gasteiger charge is -2.40. The first kappa shape index (κ1) is 13.3. The van der Waals surface area contributed by atoms with E-state index in [1.54, 1.807) is 6.92 Å². The standard InChI is InChI=1S/C13H23N3O2/c1-3-6-13(2,14)12(18)16-7-4-5-9-10(16)8-15-11(9)17/h9-10H,3-8,14H2,1-2H3,(H,15,17). The van der Waals surface area contributed by atoms with Gasteiger partial charge < -0.3 is 16.0 Å². The topological polar surface area (TPSA) is 75.4 Å². The molecule has 2 saturated heterocycles. The third-order valence-corrected chi connectivity index (χ3v) is 4.12. The molecule has 3 N–H and O–H groups in total. The van der Waals surface area contributed by atoms with Gasteiger partial charge in [0.05, 0.1) is 17.5 Å². The molecule has 3 unspecified atom stereocenters. The summed E-state index contributed by atoms with van der Waals surface area (Å²) in [6.45, 7) is 5.13. The maximum atomic E-state index is 12.5. The highest BCUT2D eigenvalue weighted by atomic mass is 16.2. The molecule has 0 spiro atoms. The number of nitrogens with zero attached hydrogens (tertiary/aromatic N) is 1. The monoisotopic (exact) mass is 253 g/mol. The van der Waals surface area contributed by atoms with Crippen molar-refractivity contribution in [3.8, 4) is 0 Å². The molecule has 0 aromatic carbocycles. The fraction of sp³-hybridized carbons (Fsp3) is 0.846. The molecule has 2 rings (SSSR count). The molecule has 0 aromatic rings. The molecule has 0 aromatic heterocycles. The summed E-state index contributed by atoms with van der Waals surface area (Å²) in [5.74, 6) is 0.0578. The molecule has 5 nitrogen and oxygen atoms in total. The van der Waals surface area contributed by atoms with Gasteiger partial charge in [-0.2, -0.15) is 0 Å². The van der Waals surface area contributed by atoms with Crippen molar-refractivity contribution < 1.29 is 9.59 Å². The maximum absolute atomic E-state index is 12.5. The number of likely N-dealkylation sites (tertiary alicyclic amines) is 1. The number of hydrogen-bond acceptors (Lipinski definition) is 3. The average molecular weight is 253 g/mol. The third kappa shape index (κ3) is 2.23. The van der Waals surface area contributed by atoms with Crippen molar-refractivity contribution in [2.24, 2.45) is 11.7 Å². The fourth-order valence-corrected chi connectivity index (χ4v) is 3.16. The lowest BCUT2D eigenvalue weighted by atomic mass is 9.88. The Morgan fingerprint density at radius 1 is 1.61 bits per heavy atom. The van der Waals surface area contributed by atoms with Crippen LogP contribution in [0.25, 0.3) is 0 Å². The highest BCUT2D eigenvalue weighted by molar-refractivity contribution is 5.88. The van der Waals surface area contributed by atoms with Crippen molar-refractivity contribution in [1.29, 1.82) is 0 Å². The number of hydrogen-bond donors (Lipinski definition) is 2. The highest BCUT2D eigenvalue weighted by Crippen LogP contribution is 2.29. The number of carbonyl (C=O) groups excluding carboxylic acids is 2. The number of fused-ring (bicyclic) bond motifs is 1. The normalized spacial score (nSPS) is 30.6. The molecule has 0 aliphatic carbocycles. The van der Waals surface area contributed by atoms with Crippen molar-refractivity contribution in [3.63, 3.8) is 0 Å². The summed E-state index contributed by atoms with van der Waals surface area (Å²) in [4.78, 5) is 26.0. The van der Waals surface area contributed by atoms with Crippen molar-refractivity contribution in [1.82, 2.24) is 10.2 Å². The lowest BCUT2D eigenvalue weighted by molar-refractivity contribution is -0.142. The molecule has 0 bridgehead atoms. The van der Waals surface area contributed by atoms with Crippen LogP contribution in [0.1, 0.15) is 39.5 Å². The predicted molar refractivity (Wildman–Crippen MR) is 68.7 cm³/mol. The molecule has 0 saturated carbocycles. The molecule has 2 aliphatic heterocycles. The van der Waals surface area contributed by atoms with E-state index in [0.29, 0.717) is 13.0 Å². The van der Waals surface area contributed by atoms with Crippen LogP contribution in [0.4, 0.5) is 0 Å². The van der Waals surface area contributed by atoms with Crippen LogP contribution in [-0.4, -0.2) is 41.4 Å². The first-order valence-electron chi connectivity index (χ1n) is 6.85. The molecule has 2 fully saturated rings. The van der Waals surface area contributed by atoms with Gasteiger partial charge in [-0.25, -0.2) is 0 Å². The van der Waals surface area contributed by atoms with Crippen LogP contribution in [0.3, 0.4) is 0 Å². The summed E-state index contributed by atoms with van der Waals surface area (Å²) in [6.07, 6.45) is 3.34. The van der Waals surface area contributed by atoms with Crippen molar-refractivity contribution in [2.75, 3.05) is 13.1 Å². The number of amides is 2. The number of nitrogens with one attached hydrogen (secondary N) is 1. The van der Waals surface area contributed by atoms with Gasteiger partial charge in [0, 0.05) is 13.1 Å². The largest absolute Gasteiger partial charge is 0.354 e. The summed E-state index contributed by atoms with van der Waals surface area (Å²) in [5, 5.41) is 2.86. The van der Waals surface area contributed by atoms with Crippen LogP contribution in [0.2, 0.25) is 0 Å². The minimum atomic E-state index is -0.803. The zero-order chi connectivity index (χ0) is 13.3. The molecule has 2 heterocycles. The average Bonchev–Trinajstić information content (AvgIpc) is 2.70. The number of rotatable bonds is 3. The molecular formula is C13H23N3O2. The SMILES string of the molecule is CCCC(C)(N)C(=O)N1CCCC2C(=O)NCC21. The molecule has 102 valence electrons. The fourth-order valence-electron chi connectivity index (χ4n) is 3.16. The van der Waals surface area contributed by atoms with Crippen LogP contribution >= 0.6 is 0 Å². The molecule has 2 amide bonds. The van der Waals surface area contributed by atoms with Crippen LogP contribution in [0, 0.1) is 5.92 Å². The summed E-state index contributed by atoms with van der Waals surface area (Å²) >= 11 is 0. The van der Waals surface area contributed by atoms with E-state index in [4.69, 9.17) is 5.73 Å². The van der Waals surface area contributed by atoms with Crippen LogP contribution < -0.4 is 11.1 Å². The maximum Gasteiger partial charge on any atom is 0.242 e. The van der Waals surface area contributed by atoms with Gasteiger partial charge in [0.2, 0.25) is 11.8 Å². The molecule has 18 heavy (non-hydrogen) atoms. The second-order valence-electron chi connectivity index (χ2n) is 5.73. The summed E-state index contributed by atoms with van der Waals surface area (Å²) < 4.78 is 0. The minimum absolute atomic E-state index is 0.00412. The number of nitrogens with two attached hydrogens (primary N) is 1. The molecule has 5 heteroatoms. The van der Waals surface area contributed by atoms with E-state index in [2.05, 4.69) is 5.32 Å².